The lowest BCUT2D eigenvalue weighted by molar-refractivity contribution is -0.115. The van der Waals surface area contributed by atoms with E-state index in [2.05, 4.69) is 5.32 Å². The van der Waals surface area contributed by atoms with Gasteiger partial charge in [0.2, 0.25) is 5.91 Å². The lowest BCUT2D eigenvalue weighted by Crippen LogP contribution is -2.36. The molecule has 1 unspecified atom stereocenters. The van der Waals surface area contributed by atoms with Crippen LogP contribution in [-0.2, 0) is 4.79 Å². The second kappa shape index (κ2) is 5.18. The van der Waals surface area contributed by atoms with Crippen LogP contribution in [0.2, 0.25) is 0 Å². The van der Waals surface area contributed by atoms with Crippen molar-refractivity contribution in [3.63, 3.8) is 0 Å². The lowest BCUT2D eigenvalue weighted by atomic mass is 10.0. The molecule has 1 aliphatic heterocycles. The van der Waals surface area contributed by atoms with Crippen LogP contribution in [0.3, 0.4) is 0 Å². The fourth-order valence-electron chi connectivity index (χ4n) is 2.59. The van der Waals surface area contributed by atoms with Gasteiger partial charge in [-0.25, -0.2) is 4.39 Å². The average molecular weight is 286 g/mol. The number of rotatable bonds is 2. The van der Waals surface area contributed by atoms with Gasteiger partial charge in [-0.05, 0) is 25.1 Å². The number of carbonyl (C=O) groups is 1. The first-order valence-electron chi connectivity index (χ1n) is 6.71. The zero-order valence-corrected chi connectivity index (χ0v) is 11.5. The fraction of sp³-hybridized carbons (Fsp3) is 0.188. The Morgan fingerprint density at radius 1 is 1.24 bits per heavy atom. The minimum absolute atomic E-state index is 0.0116. The van der Waals surface area contributed by atoms with E-state index in [0.717, 1.165) is 0 Å². The van der Waals surface area contributed by atoms with Crippen molar-refractivity contribution in [1.82, 2.24) is 0 Å². The van der Waals surface area contributed by atoms with Gasteiger partial charge in [-0.2, -0.15) is 0 Å². The van der Waals surface area contributed by atoms with Crippen LogP contribution in [0.15, 0.2) is 42.5 Å². The molecule has 0 spiro atoms. The Morgan fingerprint density at radius 2 is 2.00 bits per heavy atom. The number of anilines is 3. The zero-order valence-electron chi connectivity index (χ0n) is 11.5. The number of fused-ring (bicyclic) bond motifs is 1. The number of benzene rings is 2. The van der Waals surface area contributed by atoms with Crippen molar-refractivity contribution >= 4 is 23.0 Å². The van der Waals surface area contributed by atoms with Gasteiger partial charge in [-0.1, -0.05) is 24.3 Å². The topological polar surface area (TPSA) is 52.6 Å². The predicted octanol–water partition coefficient (Wildman–Crippen LogP) is 2.97. The number of nitrogens with one attached hydrogen (secondary N) is 1. The second-order valence-corrected chi connectivity index (χ2v) is 5.01. The van der Waals surface area contributed by atoms with Crippen molar-refractivity contribution < 1.29 is 14.3 Å². The van der Waals surface area contributed by atoms with Crippen LogP contribution in [0, 0.1) is 5.82 Å². The number of hydrogen-bond acceptors (Lipinski definition) is 3. The molecule has 0 bridgehead atoms. The summed E-state index contributed by atoms with van der Waals surface area (Å²) in [6.07, 6.45) is -0.826. The molecule has 0 saturated heterocycles. The van der Waals surface area contributed by atoms with E-state index >= 15 is 0 Å². The summed E-state index contributed by atoms with van der Waals surface area (Å²) in [6, 6.07) is 11.8. The summed E-state index contributed by atoms with van der Waals surface area (Å²) in [4.78, 5) is 13.5. The Kier molecular flexibility index (Phi) is 3.35. The number of nitrogens with zero attached hydrogens (tertiary/aromatic N) is 1. The van der Waals surface area contributed by atoms with Crippen LogP contribution in [0.5, 0.6) is 0 Å². The molecule has 2 aromatic carbocycles. The highest BCUT2D eigenvalue weighted by molar-refractivity contribution is 6.03. The SMILES string of the molecule is CC(O)c1cccc(F)c1N1CC(=O)Nc2ccccc21. The van der Waals surface area contributed by atoms with Crippen LogP contribution in [0.4, 0.5) is 21.5 Å². The molecular formula is C16H15FN2O2. The van der Waals surface area contributed by atoms with Crippen LogP contribution in [-0.4, -0.2) is 17.6 Å². The number of aliphatic hydroxyl groups is 1. The number of amides is 1. The van der Waals surface area contributed by atoms with Crippen LogP contribution in [0.1, 0.15) is 18.6 Å². The van der Waals surface area contributed by atoms with Crippen molar-refractivity contribution in [2.24, 2.45) is 0 Å². The van der Waals surface area contributed by atoms with Crippen LogP contribution in [0.25, 0.3) is 0 Å². The van der Waals surface area contributed by atoms with E-state index in [1.165, 1.54) is 6.07 Å². The van der Waals surface area contributed by atoms with E-state index in [-0.39, 0.29) is 18.1 Å². The van der Waals surface area contributed by atoms with Gasteiger partial charge in [0, 0.05) is 5.56 Å². The van der Waals surface area contributed by atoms with E-state index in [1.807, 2.05) is 12.1 Å². The van der Waals surface area contributed by atoms with Gasteiger partial charge >= 0.3 is 0 Å². The van der Waals surface area contributed by atoms with E-state index < -0.39 is 11.9 Å². The molecule has 2 aromatic rings. The first kappa shape index (κ1) is 13.6. The molecule has 3 rings (SSSR count). The number of hydrogen-bond donors (Lipinski definition) is 2. The van der Waals surface area contributed by atoms with Gasteiger partial charge < -0.3 is 15.3 Å². The van der Waals surface area contributed by atoms with Crippen LogP contribution >= 0.6 is 0 Å². The maximum Gasteiger partial charge on any atom is 0.244 e. The third-order valence-corrected chi connectivity index (χ3v) is 3.51. The maximum atomic E-state index is 14.3. The lowest BCUT2D eigenvalue weighted by Gasteiger charge is -2.33. The molecule has 21 heavy (non-hydrogen) atoms. The molecule has 1 amide bonds. The molecule has 0 aliphatic carbocycles. The first-order valence-corrected chi connectivity index (χ1v) is 6.71. The molecule has 2 N–H and O–H groups in total. The highest BCUT2D eigenvalue weighted by Gasteiger charge is 2.27. The summed E-state index contributed by atoms with van der Waals surface area (Å²) in [6.45, 7) is 1.59. The van der Waals surface area contributed by atoms with Crippen molar-refractivity contribution in [3.05, 3.63) is 53.8 Å². The number of para-hydroxylation sites is 3. The Bertz CT molecular complexity index is 700. The third-order valence-electron chi connectivity index (χ3n) is 3.51. The normalized spacial score (nSPS) is 15.4. The highest BCUT2D eigenvalue weighted by Crippen LogP contribution is 2.39. The first-order chi connectivity index (χ1) is 10.1. The summed E-state index contributed by atoms with van der Waals surface area (Å²) in [5, 5.41) is 12.6. The van der Waals surface area contributed by atoms with E-state index in [1.54, 1.807) is 36.1 Å². The van der Waals surface area contributed by atoms with Crippen molar-refractivity contribution in [1.29, 1.82) is 0 Å². The standard InChI is InChI=1S/C16H15FN2O2/c1-10(20)11-5-4-6-12(17)16(11)19-9-15(21)18-13-7-2-3-8-14(13)19/h2-8,10,20H,9H2,1H3,(H,18,21). The van der Waals surface area contributed by atoms with Gasteiger partial charge in [0.1, 0.15) is 12.4 Å². The highest BCUT2D eigenvalue weighted by atomic mass is 19.1. The van der Waals surface area contributed by atoms with Crippen LogP contribution < -0.4 is 10.2 Å². The van der Waals surface area contributed by atoms with Crippen molar-refractivity contribution in [2.45, 2.75) is 13.0 Å². The minimum Gasteiger partial charge on any atom is -0.389 e. The molecular weight excluding hydrogens is 271 g/mol. The van der Waals surface area contributed by atoms with E-state index in [9.17, 15) is 14.3 Å². The molecule has 1 heterocycles. The molecule has 0 saturated carbocycles. The largest absolute Gasteiger partial charge is 0.389 e. The van der Waals surface area contributed by atoms with Gasteiger partial charge in [-0.3, -0.25) is 4.79 Å². The van der Waals surface area contributed by atoms with Gasteiger partial charge in [0.15, 0.2) is 0 Å². The fourth-order valence-corrected chi connectivity index (χ4v) is 2.59. The Balaban J connectivity index is 2.20. The summed E-state index contributed by atoms with van der Waals surface area (Å²) in [5.41, 5.74) is 2.05. The number of halogens is 1. The monoisotopic (exact) mass is 286 g/mol. The van der Waals surface area contributed by atoms with E-state index in [4.69, 9.17) is 0 Å². The van der Waals surface area contributed by atoms with Gasteiger partial charge in [0.25, 0.3) is 0 Å². The minimum atomic E-state index is -0.826. The summed E-state index contributed by atoms with van der Waals surface area (Å²) < 4.78 is 14.3. The maximum absolute atomic E-state index is 14.3. The molecule has 4 nitrogen and oxygen atoms in total. The van der Waals surface area contributed by atoms with Crippen molar-refractivity contribution in [3.8, 4) is 0 Å². The Morgan fingerprint density at radius 3 is 2.76 bits per heavy atom. The molecule has 0 fully saturated rings. The van der Waals surface area contributed by atoms with Gasteiger partial charge in [0.05, 0.1) is 23.2 Å². The number of carbonyl (C=O) groups excluding carboxylic acids is 1. The second-order valence-electron chi connectivity index (χ2n) is 5.01. The molecule has 1 atom stereocenters. The van der Waals surface area contributed by atoms with Gasteiger partial charge in [-0.15, -0.1) is 0 Å². The third kappa shape index (κ3) is 2.36. The molecule has 0 radical (unpaired) electrons. The Labute approximate surface area is 121 Å². The average Bonchev–Trinajstić information content (AvgIpc) is 2.46. The molecule has 0 aromatic heterocycles. The zero-order chi connectivity index (χ0) is 15.0. The molecule has 5 heteroatoms. The predicted molar refractivity (Wildman–Crippen MR) is 79.1 cm³/mol. The Hall–Kier alpha value is -2.40. The van der Waals surface area contributed by atoms with E-state index in [0.29, 0.717) is 16.9 Å². The summed E-state index contributed by atoms with van der Waals surface area (Å²) in [5.74, 6) is -0.675. The smallest absolute Gasteiger partial charge is 0.244 e. The molecule has 108 valence electrons. The summed E-state index contributed by atoms with van der Waals surface area (Å²) in [7, 11) is 0. The quantitative estimate of drug-likeness (QED) is 0.892. The van der Waals surface area contributed by atoms with Crippen molar-refractivity contribution in [2.75, 3.05) is 16.8 Å². The summed E-state index contributed by atoms with van der Waals surface area (Å²) >= 11 is 0. The number of aliphatic hydroxyl groups excluding tert-OH is 1. The molecule has 1 aliphatic rings.